The second kappa shape index (κ2) is 6.96. The van der Waals surface area contributed by atoms with E-state index in [1.54, 1.807) is 6.07 Å². The van der Waals surface area contributed by atoms with Gasteiger partial charge in [-0.25, -0.2) is 22.9 Å². The molecule has 0 spiro atoms. The van der Waals surface area contributed by atoms with Gasteiger partial charge in [0.2, 0.25) is 5.88 Å². The van der Waals surface area contributed by atoms with Crippen LogP contribution in [-0.2, 0) is 6.54 Å². The normalized spacial score (nSPS) is 27.8. The van der Waals surface area contributed by atoms with E-state index < -0.39 is 18.2 Å². The molecule has 2 N–H and O–H groups in total. The van der Waals surface area contributed by atoms with E-state index in [9.17, 15) is 18.0 Å². The summed E-state index contributed by atoms with van der Waals surface area (Å²) in [6.07, 6.45) is 4.93. The second-order valence-electron chi connectivity index (χ2n) is 7.60. The first kappa shape index (κ1) is 18.8. The molecule has 2 amide bonds. The predicted octanol–water partition coefficient (Wildman–Crippen LogP) is 3.73. The van der Waals surface area contributed by atoms with Gasteiger partial charge >= 0.3 is 6.03 Å². The standard InChI is InChI=1S/C18H24F3N3O2/c1-16(19,20)12-26-14-10-13(2-9-22-14)11-23-15(25)24-18-6-3-17(21,4-7-18)5-8-18/h2,9-10H,3-8,11-12H2,1H3,(H2,23,24,25). The van der Waals surface area contributed by atoms with Crippen LogP contribution in [-0.4, -0.2) is 34.8 Å². The van der Waals surface area contributed by atoms with E-state index in [1.807, 2.05) is 0 Å². The second-order valence-corrected chi connectivity index (χ2v) is 7.60. The molecule has 1 heterocycles. The number of carbonyl (C=O) groups excluding carboxylic acids is 1. The number of aromatic nitrogens is 1. The van der Waals surface area contributed by atoms with Crippen molar-refractivity contribution in [2.24, 2.45) is 0 Å². The maximum atomic E-state index is 14.2. The molecule has 144 valence electrons. The minimum atomic E-state index is -2.94. The largest absolute Gasteiger partial charge is 0.471 e. The number of carbonyl (C=O) groups is 1. The van der Waals surface area contributed by atoms with Gasteiger partial charge in [0.05, 0.1) is 0 Å². The van der Waals surface area contributed by atoms with Crippen molar-refractivity contribution < 1.29 is 22.7 Å². The Morgan fingerprint density at radius 3 is 2.54 bits per heavy atom. The third-order valence-corrected chi connectivity index (χ3v) is 5.26. The van der Waals surface area contributed by atoms with Gasteiger partial charge in [-0.1, -0.05) is 0 Å². The van der Waals surface area contributed by atoms with Crippen molar-refractivity contribution in [3.63, 3.8) is 0 Å². The molecular formula is C18H24F3N3O2. The van der Waals surface area contributed by atoms with Crippen LogP contribution in [0.2, 0.25) is 0 Å². The number of nitrogens with one attached hydrogen (secondary N) is 2. The van der Waals surface area contributed by atoms with Crippen LogP contribution in [0.5, 0.6) is 5.88 Å². The summed E-state index contributed by atoms with van der Waals surface area (Å²) in [5.74, 6) is -2.85. The van der Waals surface area contributed by atoms with Crippen molar-refractivity contribution in [3.05, 3.63) is 23.9 Å². The fourth-order valence-corrected chi connectivity index (χ4v) is 3.63. The molecule has 0 saturated heterocycles. The predicted molar refractivity (Wildman–Crippen MR) is 90.0 cm³/mol. The molecule has 26 heavy (non-hydrogen) atoms. The highest BCUT2D eigenvalue weighted by Gasteiger charge is 2.49. The van der Waals surface area contributed by atoms with Crippen LogP contribution in [0.1, 0.15) is 51.0 Å². The number of hydrogen-bond acceptors (Lipinski definition) is 3. The number of halogens is 3. The number of pyridine rings is 1. The zero-order valence-corrected chi connectivity index (χ0v) is 14.8. The first-order valence-corrected chi connectivity index (χ1v) is 8.88. The lowest BCUT2D eigenvalue weighted by Gasteiger charge is -2.49. The topological polar surface area (TPSA) is 63.2 Å². The van der Waals surface area contributed by atoms with Crippen molar-refractivity contribution in [3.8, 4) is 5.88 Å². The number of fused-ring (bicyclic) bond motifs is 3. The number of nitrogens with zero attached hydrogens (tertiary/aromatic N) is 1. The van der Waals surface area contributed by atoms with Crippen molar-refractivity contribution >= 4 is 6.03 Å². The number of ether oxygens (including phenoxy) is 1. The molecule has 1 aromatic rings. The molecule has 3 aliphatic carbocycles. The number of hydrogen-bond donors (Lipinski definition) is 2. The van der Waals surface area contributed by atoms with Gasteiger partial charge in [0, 0.05) is 31.3 Å². The van der Waals surface area contributed by atoms with E-state index in [4.69, 9.17) is 4.74 Å². The van der Waals surface area contributed by atoms with Crippen molar-refractivity contribution in [2.75, 3.05) is 6.61 Å². The number of amides is 2. The average Bonchev–Trinajstić information content (AvgIpc) is 2.60. The van der Waals surface area contributed by atoms with Gasteiger partial charge in [0.1, 0.15) is 5.67 Å². The van der Waals surface area contributed by atoms with Crippen LogP contribution >= 0.6 is 0 Å². The number of urea groups is 1. The summed E-state index contributed by atoms with van der Waals surface area (Å²) in [4.78, 5) is 16.1. The Kier molecular flexibility index (Phi) is 5.03. The Morgan fingerprint density at radius 1 is 1.27 bits per heavy atom. The molecular weight excluding hydrogens is 347 g/mol. The molecule has 0 aliphatic heterocycles. The maximum Gasteiger partial charge on any atom is 0.315 e. The molecule has 4 rings (SSSR count). The van der Waals surface area contributed by atoms with Crippen molar-refractivity contribution in [1.29, 1.82) is 0 Å². The summed E-state index contributed by atoms with van der Waals surface area (Å²) >= 11 is 0. The molecule has 5 nitrogen and oxygen atoms in total. The van der Waals surface area contributed by atoms with Crippen LogP contribution in [0.15, 0.2) is 18.3 Å². The zero-order chi connectivity index (χ0) is 18.8. The SMILES string of the molecule is CC(F)(F)COc1cc(CNC(=O)NC23CCC(F)(CC2)CC3)ccn1. The smallest absolute Gasteiger partial charge is 0.315 e. The molecule has 0 atom stereocenters. The molecule has 2 bridgehead atoms. The van der Waals surface area contributed by atoms with Gasteiger partial charge in [-0.05, 0) is 50.2 Å². The summed E-state index contributed by atoms with van der Waals surface area (Å²) in [6, 6.07) is 2.88. The number of alkyl halides is 3. The summed E-state index contributed by atoms with van der Waals surface area (Å²) in [5.41, 5.74) is -0.656. The minimum absolute atomic E-state index is 0.0867. The summed E-state index contributed by atoms with van der Waals surface area (Å²) in [6.45, 7) is 0.234. The highest BCUT2D eigenvalue weighted by atomic mass is 19.3. The van der Waals surface area contributed by atoms with Gasteiger partial charge in [0.25, 0.3) is 5.92 Å². The molecule has 3 fully saturated rings. The van der Waals surface area contributed by atoms with Crippen LogP contribution in [0.25, 0.3) is 0 Å². The Bertz CT molecular complexity index is 639. The molecule has 0 aromatic carbocycles. The quantitative estimate of drug-likeness (QED) is 0.801. The Morgan fingerprint density at radius 2 is 1.92 bits per heavy atom. The molecule has 0 unspecified atom stereocenters. The number of rotatable bonds is 6. The first-order valence-electron chi connectivity index (χ1n) is 8.88. The molecule has 3 saturated carbocycles. The molecule has 8 heteroatoms. The lowest BCUT2D eigenvalue weighted by molar-refractivity contribution is -0.0242. The summed E-state index contributed by atoms with van der Waals surface area (Å²) in [7, 11) is 0. The van der Waals surface area contributed by atoms with E-state index in [2.05, 4.69) is 15.6 Å². The monoisotopic (exact) mass is 371 g/mol. The van der Waals surface area contributed by atoms with E-state index in [0.717, 1.165) is 6.92 Å². The van der Waals surface area contributed by atoms with Crippen LogP contribution < -0.4 is 15.4 Å². The van der Waals surface area contributed by atoms with Crippen molar-refractivity contribution in [2.45, 2.75) is 69.1 Å². The Balaban J connectivity index is 1.49. The van der Waals surface area contributed by atoms with Gasteiger partial charge < -0.3 is 15.4 Å². The van der Waals surface area contributed by atoms with E-state index in [0.29, 0.717) is 44.1 Å². The molecule has 1 aromatic heterocycles. The summed E-state index contributed by atoms with van der Waals surface area (Å²) in [5, 5.41) is 5.76. The van der Waals surface area contributed by atoms with Gasteiger partial charge in [0.15, 0.2) is 6.61 Å². The third-order valence-electron chi connectivity index (χ3n) is 5.26. The lowest BCUT2D eigenvalue weighted by atomic mass is 9.64. The Hall–Kier alpha value is -1.99. The van der Waals surface area contributed by atoms with Gasteiger partial charge in [-0.15, -0.1) is 0 Å². The van der Waals surface area contributed by atoms with Crippen molar-refractivity contribution in [1.82, 2.24) is 15.6 Å². The highest BCUT2D eigenvalue weighted by molar-refractivity contribution is 5.74. The maximum absolute atomic E-state index is 14.2. The minimum Gasteiger partial charge on any atom is -0.471 e. The fourth-order valence-electron chi connectivity index (χ4n) is 3.63. The third kappa shape index (κ3) is 4.80. The first-order chi connectivity index (χ1) is 12.2. The van der Waals surface area contributed by atoms with Crippen LogP contribution in [0.3, 0.4) is 0 Å². The Labute approximate surface area is 150 Å². The van der Waals surface area contributed by atoms with Gasteiger partial charge in [-0.2, -0.15) is 0 Å². The highest BCUT2D eigenvalue weighted by Crippen LogP contribution is 2.48. The van der Waals surface area contributed by atoms with Gasteiger partial charge in [-0.3, -0.25) is 0 Å². The summed E-state index contributed by atoms with van der Waals surface area (Å²) < 4.78 is 44.8. The fraction of sp³-hybridized carbons (Fsp3) is 0.667. The molecule has 3 aliphatic rings. The van der Waals surface area contributed by atoms with Crippen LogP contribution in [0, 0.1) is 0 Å². The van der Waals surface area contributed by atoms with E-state index in [1.165, 1.54) is 12.3 Å². The van der Waals surface area contributed by atoms with E-state index >= 15 is 0 Å². The molecule has 0 radical (unpaired) electrons. The zero-order valence-electron chi connectivity index (χ0n) is 14.8. The average molecular weight is 371 g/mol. The van der Waals surface area contributed by atoms with Crippen LogP contribution in [0.4, 0.5) is 18.0 Å². The lowest BCUT2D eigenvalue weighted by Crippen LogP contribution is -2.59. The van der Waals surface area contributed by atoms with E-state index in [-0.39, 0.29) is 24.0 Å².